The van der Waals surface area contributed by atoms with Crippen molar-refractivity contribution in [3.63, 3.8) is 0 Å². The molecule has 1 saturated heterocycles. The summed E-state index contributed by atoms with van der Waals surface area (Å²) in [5, 5.41) is 2.81. The van der Waals surface area contributed by atoms with E-state index < -0.39 is 10.0 Å². The van der Waals surface area contributed by atoms with E-state index in [0.717, 1.165) is 49.0 Å². The predicted molar refractivity (Wildman–Crippen MR) is 99.3 cm³/mol. The van der Waals surface area contributed by atoms with E-state index in [1.807, 2.05) is 13.0 Å². The topological polar surface area (TPSA) is 89.4 Å². The van der Waals surface area contributed by atoms with Crippen LogP contribution in [0.5, 0.6) is 5.75 Å². The summed E-state index contributed by atoms with van der Waals surface area (Å²) in [5.41, 5.74) is 1.25. The van der Waals surface area contributed by atoms with E-state index >= 15 is 0 Å². The maximum absolute atomic E-state index is 12.3. The molecule has 1 aromatic carbocycles. The summed E-state index contributed by atoms with van der Waals surface area (Å²) in [5.74, 6) is 0.0678. The van der Waals surface area contributed by atoms with Gasteiger partial charge in [0.2, 0.25) is 15.9 Å². The van der Waals surface area contributed by atoms with Gasteiger partial charge < -0.3 is 19.7 Å². The first-order valence-corrected chi connectivity index (χ1v) is 10.5. The highest BCUT2D eigenvalue weighted by Crippen LogP contribution is 2.30. The summed E-state index contributed by atoms with van der Waals surface area (Å²) in [7, 11) is -2.17. The average Bonchev–Trinajstić information content (AvgIpc) is 2.59. The molecule has 8 nitrogen and oxygen atoms in total. The normalized spacial score (nSPS) is 15.5. The summed E-state index contributed by atoms with van der Waals surface area (Å²) in [6.07, 6.45) is 1.08. The number of ether oxygens (including phenoxy) is 2. The Balaban J connectivity index is 2.02. The third-order valence-corrected chi connectivity index (χ3v) is 5.42. The Labute approximate surface area is 155 Å². The molecule has 0 spiro atoms. The molecule has 146 valence electrons. The van der Waals surface area contributed by atoms with Crippen LogP contribution in [-0.4, -0.2) is 73.6 Å². The minimum absolute atomic E-state index is 0.281. The Morgan fingerprint density at radius 1 is 1.35 bits per heavy atom. The highest BCUT2D eigenvalue weighted by Gasteiger charge is 2.24. The molecule has 1 heterocycles. The monoisotopic (exact) mass is 386 g/mol. The van der Waals surface area contributed by atoms with Crippen LogP contribution in [0, 0.1) is 6.92 Å². The second-order valence-electron chi connectivity index (χ2n) is 6.41. The van der Waals surface area contributed by atoms with Gasteiger partial charge in [-0.2, -0.15) is 0 Å². The lowest BCUT2D eigenvalue weighted by Gasteiger charge is -2.25. The zero-order chi connectivity index (χ0) is 19.2. The zero-order valence-corrected chi connectivity index (χ0v) is 16.4. The molecule has 0 atom stereocenters. The number of sulfonamides is 1. The first-order chi connectivity index (χ1) is 12.3. The molecule has 0 bridgehead atoms. The highest BCUT2D eigenvalue weighted by atomic mass is 32.2. The third kappa shape index (κ3) is 5.86. The summed E-state index contributed by atoms with van der Waals surface area (Å²) in [6, 6.07) is 5.22. The van der Waals surface area contributed by atoms with Crippen molar-refractivity contribution in [3.05, 3.63) is 23.8 Å². The Morgan fingerprint density at radius 3 is 2.65 bits per heavy atom. The quantitative estimate of drug-likeness (QED) is 0.586. The van der Waals surface area contributed by atoms with Crippen LogP contribution in [-0.2, 0) is 19.6 Å². The van der Waals surface area contributed by atoms with Crippen molar-refractivity contribution >= 4 is 21.6 Å². The Kier molecular flexibility index (Phi) is 7.24. The molecule has 0 aromatic heterocycles. The van der Waals surface area contributed by atoms with Crippen molar-refractivity contribution in [2.24, 2.45) is 0 Å². The fourth-order valence-electron chi connectivity index (χ4n) is 2.85. The molecule has 0 saturated carbocycles. The molecular weight excluding hydrogens is 358 g/mol. The maximum atomic E-state index is 12.3. The molecule has 1 aliphatic rings. The number of benzene rings is 1. The molecule has 9 heteroatoms. The number of rotatable bonds is 8. The molecule has 1 aliphatic heterocycles. The lowest BCUT2D eigenvalue weighted by Crippen LogP contribution is -3.14. The van der Waals surface area contributed by atoms with Crippen LogP contribution in [0.2, 0.25) is 0 Å². The number of amides is 1. The molecule has 1 fully saturated rings. The molecule has 0 aliphatic carbocycles. The minimum atomic E-state index is -3.64. The Morgan fingerprint density at radius 2 is 2.04 bits per heavy atom. The summed E-state index contributed by atoms with van der Waals surface area (Å²) in [6.45, 7) is 6.18. The lowest BCUT2D eigenvalue weighted by molar-refractivity contribution is -0.906. The van der Waals surface area contributed by atoms with Gasteiger partial charge in [-0.1, -0.05) is 6.07 Å². The number of hydrogen-bond donors (Lipinski definition) is 2. The van der Waals surface area contributed by atoms with Crippen LogP contribution < -0.4 is 19.3 Å². The molecule has 1 amide bonds. The van der Waals surface area contributed by atoms with Crippen molar-refractivity contribution in [1.82, 2.24) is 5.32 Å². The number of nitrogens with one attached hydrogen (secondary N) is 2. The molecule has 0 unspecified atom stereocenters. The van der Waals surface area contributed by atoms with Crippen molar-refractivity contribution < 1.29 is 27.6 Å². The average molecular weight is 386 g/mol. The van der Waals surface area contributed by atoms with E-state index in [4.69, 9.17) is 9.47 Å². The van der Waals surface area contributed by atoms with E-state index in [0.29, 0.717) is 18.0 Å². The second-order valence-corrected chi connectivity index (χ2v) is 8.31. The number of anilines is 1. The predicted octanol–water partition coefficient (Wildman–Crippen LogP) is -1.20. The number of quaternary nitrogens is 1. The largest absolute Gasteiger partial charge is 0.495 e. The van der Waals surface area contributed by atoms with E-state index in [9.17, 15) is 13.2 Å². The molecular formula is C17H28N3O5S+. The number of morpholine rings is 1. The third-order valence-electron chi connectivity index (χ3n) is 4.29. The number of aryl methyl sites for hydroxylation is 1. The first kappa shape index (κ1) is 20.5. The smallest absolute Gasteiger partial charge is 0.240 e. The first-order valence-electron chi connectivity index (χ1n) is 8.61. The van der Waals surface area contributed by atoms with Crippen molar-refractivity contribution in [2.75, 3.05) is 63.6 Å². The number of nitrogens with zero attached hydrogens (tertiary/aromatic N) is 1. The fourth-order valence-corrected chi connectivity index (χ4v) is 3.70. The van der Waals surface area contributed by atoms with Gasteiger partial charge in [-0.05, 0) is 24.6 Å². The standard InChI is InChI=1S/C17H27N3O5S/c1-14-4-5-16(24-2)15(12-14)20(26(3,22)23)13-17(21)18-6-7-19-8-10-25-11-9-19/h4-5,12H,6-11,13H2,1-3H3,(H,18,21)/p+1. The van der Waals surface area contributed by atoms with E-state index in [-0.39, 0.29) is 12.5 Å². The van der Waals surface area contributed by atoms with Crippen LogP contribution >= 0.6 is 0 Å². The van der Waals surface area contributed by atoms with Crippen LogP contribution in [0.1, 0.15) is 5.56 Å². The molecule has 26 heavy (non-hydrogen) atoms. The van der Waals surface area contributed by atoms with Crippen LogP contribution in [0.25, 0.3) is 0 Å². The number of methoxy groups -OCH3 is 1. The number of hydrogen-bond acceptors (Lipinski definition) is 5. The molecule has 0 radical (unpaired) electrons. The van der Waals surface area contributed by atoms with Gasteiger partial charge >= 0.3 is 0 Å². The summed E-state index contributed by atoms with van der Waals surface area (Å²) < 4.78 is 36.1. The molecule has 2 rings (SSSR count). The fraction of sp³-hybridized carbons (Fsp3) is 0.588. The van der Waals surface area contributed by atoms with Gasteiger partial charge in [0, 0.05) is 0 Å². The van der Waals surface area contributed by atoms with Crippen molar-refractivity contribution in [2.45, 2.75) is 6.92 Å². The zero-order valence-electron chi connectivity index (χ0n) is 15.6. The van der Waals surface area contributed by atoms with Gasteiger partial charge in [0.25, 0.3) is 0 Å². The van der Waals surface area contributed by atoms with Gasteiger partial charge in [0.15, 0.2) is 0 Å². The number of carbonyl (C=O) groups excluding carboxylic acids is 1. The van der Waals surface area contributed by atoms with Gasteiger partial charge in [-0.3, -0.25) is 9.10 Å². The van der Waals surface area contributed by atoms with Gasteiger partial charge in [0.1, 0.15) is 25.4 Å². The van der Waals surface area contributed by atoms with Gasteiger partial charge in [0.05, 0.1) is 45.4 Å². The SMILES string of the molecule is COc1ccc(C)cc1N(CC(=O)NCC[NH+]1CCOCC1)S(C)(=O)=O. The second kappa shape index (κ2) is 9.20. The summed E-state index contributed by atoms with van der Waals surface area (Å²) in [4.78, 5) is 13.7. The molecule has 2 N–H and O–H groups in total. The summed E-state index contributed by atoms with van der Waals surface area (Å²) >= 11 is 0. The minimum Gasteiger partial charge on any atom is -0.495 e. The van der Waals surface area contributed by atoms with Crippen LogP contribution in [0.3, 0.4) is 0 Å². The van der Waals surface area contributed by atoms with Crippen molar-refractivity contribution in [1.29, 1.82) is 0 Å². The lowest BCUT2D eigenvalue weighted by atomic mass is 10.2. The Hall–Kier alpha value is -1.84. The van der Waals surface area contributed by atoms with Gasteiger partial charge in [-0.25, -0.2) is 8.42 Å². The van der Waals surface area contributed by atoms with Gasteiger partial charge in [-0.15, -0.1) is 0 Å². The van der Waals surface area contributed by atoms with Crippen LogP contribution in [0.4, 0.5) is 5.69 Å². The van der Waals surface area contributed by atoms with Crippen molar-refractivity contribution in [3.8, 4) is 5.75 Å². The maximum Gasteiger partial charge on any atom is 0.240 e. The Bertz CT molecular complexity index is 717. The number of carbonyl (C=O) groups is 1. The molecule has 1 aromatic rings. The highest BCUT2D eigenvalue weighted by molar-refractivity contribution is 7.92. The van der Waals surface area contributed by atoms with E-state index in [1.165, 1.54) is 12.0 Å². The van der Waals surface area contributed by atoms with Crippen LogP contribution in [0.15, 0.2) is 18.2 Å². The van der Waals surface area contributed by atoms with E-state index in [1.54, 1.807) is 12.1 Å². The van der Waals surface area contributed by atoms with E-state index in [2.05, 4.69) is 5.32 Å².